The maximum Gasteiger partial charge on any atom is 0.317 e. The molecule has 5 atom stereocenters. The van der Waals surface area contributed by atoms with Gasteiger partial charge in [0.15, 0.2) is 0 Å². The summed E-state index contributed by atoms with van der Waals surface area (Å²) in [5, 5.41) is 6.89. The van der Waals surface area contributed by atoms with Crippen LogP contribution in [-0.2, 0) is 20.7 Å². The summed E-state index contributed by atoms with van der Waals surface area (Å²) in [6.45, 7) is 10.3. The van der Waals surface area contributed by atoms with Gasteiger partial charge in [-0.3, -0.25) is 9.69 Å². The van der Waals surface area contributed by atoms with E-state index in [0.717, 1.165) is 50.8 Å². The average Bonchev–Trinajstić information content (AvgIpc) is 3.44. The largest absolute Gasteiger partial charge is 0.403 e. The van der Waals surface area contributed by atoms with Crippen molar-refractivity contribution in [3.63, 3.8) is 0 Å². The maximum absolute atomic E-state index is 14.5. The van der Waals surface area contributed by atoms with Crippen LogP contribution < -0.4 is 22.1 Å². The highest BCUT2D eigenvalue weighted by Crippen LogP contribution is 2.32. The molecular formula is C38H63IN6O4. The van der Waals surface area contributed by atoms with Crippen molar-refractivity contribution in [2.75, 3.05) is 24.4 Å². The molecule has 3 amide bonds. The van der Waals surface area contributed by atoms with Gasteiger partial charge in [0, 0.05) is 49.5 Å². The summed E-state index contributed by atoms with van der Waals surface area (Å²) < 4.78 is 12.4. The molecule has 0 aromatic heterocycles. The van der Waals surface area contributed by atoms with Gasteiger partial charge in [-0.05, 0) is 76.7 Å². The van der Waals surface area contributed by atoms with Gasteiger partial charge >= 0.3 is 6.03 Å². The molecule has 1 saturated carbocycles. The van der Waals surface area contributed by atoms with Gasteiger partial charge in [-0.1, -0.05) is 92.0 Å². The van der Waals surface area contributed by atoms with E-state index in [1.807, 2.05) is 23.1 Å². The van der Waals surface area contributed by atoms with Crippen LogP contribution >= 0.6 is 22.6 Å². The van der Waals surface area contributed by atoms with E-state index in [1.54, 1.807) is 0 Å². The Labute approximate surface area is 309 Å². The molecule has 1 aromatic carbocycles. The minimum atomic E-state index is -0.561. The molecule has 1 aliphatic carbocycles. The molecule has 6 N–H and O–H groups in total. The predicted octanol–water partition coefficient (Wildman–Crippen LogP) is 6.03. The zero-order valence-electron chi connectivity index (χ0n) is 30.4. The van der Waals surface area contributed by atoms with E-state index in [4.69, 9.17) is 20.9 Å². The van der Waals surface area contributed by atoms with Gasteiger partial charge in [0.2, 0.25) is 5.91 Å². The van der Waals surface area contributed by atoms with Crippen molar-refractivity contribution in [3.8, 4) is 0 Å². The fourth-order valence-corrected chi connectivity index (χ4v) is 8.84. The van der Waals surface area contributed by atoms with Gasteiger partial charge in [-0.15, -0.1) is 0 Å². The van der Waals surface area contributed by atoms with E-state index in [9.17, 15) is 9.59 Å². The minimum Gasteiger partial charge on any atom is -0.403 e. The highest BCUT2D eigenvalue weighted by molar-refractivity contribution is 14.1. The van der Waals surface area contributed by atoms with E-state index in [2.05, 4.69) is 78.0 Å². The first-order valence-electron chi connectivity index (χ1n) is 18.6. The number of alkyl halides is 1. The number of hydrogen-bond acceptors (Lipinski definition) is 7. The third-order valence-corrected chi connectivity index (χ3v) is 12.0. The van der Waals surface area contributed by atoms with Crippen LogP contribution in [0, 0.1) is 11.8 Å². The van der Waals surface area contributed by atoms with Gasteiger partial charge in [0.05, 0.1) is 22.3 Å². The van der Waals surface area contributed by atoms with Crippen molar-refractivity contribution in [3.05, 3.63) is 47.8 Å². The van der Waals surface area contributed by atoms with Crippen LogP contribution in [-0.4, -0.2) is 82.0 Å². The van der Waals surface area contributed by atoms with E-state index in [0.29, 0.717) is 41.7 Å². The summed E-state index contributed by atoms with van der Waals surface area (Å²) in [6.07, 6.45) is 13.2. The number of nitrogens with zero attached hydrogens (tertiary/aromatic N) is 2. The summed E-state index contributed by atoms with van der Waals surface area (Å²) in [4.78, 5) is 32.3. The second-order valence-corrected chi connectivity index (χ2v) is 16.0. The number of urea groups is 1. The molecule has 276 valence electrons. The van der Waals surface area contributed by atoms with Crippen LogP contribution in [0.3, 0.4) is 0 Å². The molecule has 3 fully saturated rings. The Morgan fingerprint density at radius 1 is 1.10 bits per heavy atom. The van der Waals surface area contributed by atoms with E-state index in [1.165, 1.54) is 38.3 Å². The van der Waals surface area contributed by atoms with Crippen LogP contribution in [0.5, 0.6) is 0 Å². The Morgan fingerprint density at radius 2 is 1.80 bits per heavy atom. The molecule has 2 aliphatic heterocycles. The van der Waals surface area contributed by atoms with Crippen molar-refractivity contribution in [1.29, 1.82) is 0 Å². The van der Waals surface area contributed by atoms with Gasteiger partial charge in [0.1, 0.15) is 6.79 Å². The Bertz CT molecular complexity index is 1190. The third kappa shape index (κ3) is 12.0. The van der Waals surface area contributed by atoms with Crippen LogP contribution in [0.15, 0.2) is 42.2 Å². The number of benzene rings is 1. The zero-order valence-corrected chi connectivity index (χ0v) is 32.5. The van der Waals surface area contributed by atoms with E-state index in [-0.39, 0.29) is 41.8 Å². The second-order valence-electron chi connectivity index (χ2n) is 15.3. The number of piperidine rings is 1. The molecule has 10 nitrogen and oxygen atoms in total. The van der Waals surface area contributed by atoms with Crippen LogP contribution in [0.4, 0.5) is 4.79 Å². The molecule has 0 radical (unpaired) electrons. The molecule has 1 unspecified atom stereocenters. The summed E-state index contributed by atoms with van der Waals surface area (Å²) in [5.41, 5.74) is 13.5. The van der Waals surface area contributed by atoms with E-state index < -0.39 is 6.04 Å². The van der Waals surface area contributed by atoms with Gasteiger partial charge in [-0.2, -0.15) is 0 Å². The van der Waals surface area contributed by atoms with Crippen molar-refractivity contribution >= 4 is 34.5 Å². The van der Waals surface area contributed by atoms with Crippen LogP contribution in [0.1, 0.15) is 104 Å². The normalized spacial score (nSPS) is 23.2. The molecule has 1 aromatic rings. The molecule has 0 spiro atoms. The Kier molecular flexibility index (Phi) is 15.8. The Morgan fingerprint density at radius 3 is 2.41 bits per heavy atom. The molecule has 2 saturated heterocycles. The average molecular weight is 795 g/mol. The molecule has 2 heterocycles. The van der Waals surface area contributed by atoms with Crippen molar-refractivity contribution in [2.24, 2.45) is 23.3 Å². The van der Waals surface area contributed by atoms with Gasteiger partial charge in [0.25, 0.3) is 0 Å². The number of hydrogen-bond donors (Lipinski definition) is 4. The number of likely N-dealkylation sites (tertiary alicyclic amines) is 1. The monoisotopic (exact) mass is 794 g/mol. The Balaban J connectivity index is 1.55. The van der Waals surface area contributed by atoms with E-state index >= 15 is 0 Å². The lowest BCUT2D eigenvalue weighted by Gasteiger charge is -2.40. The summed E-state index contributed by atoms with van der Waals surface area (Å²) in [5.74, 6) is 1.18. The molecular weight excluding hydrogens is 731 g/mol. The summed E-state index contributed by atoms with van der Waals surface area (Å²) >= 11 is 2.34. The first-order valence-corrected chi connectivity index (χ1v) is 20.2. The quantitative estimate of drug-likeness (QED) is 0.0913. The van der Waals surface area contributed by atoms with Gasteiger partial charge in [-0.25, -0.2) is 4.79 Å². The minimum absolute atomic E-state index is 0.00820. The topological polar surface area (TPSA) is 135 Å². The van der Waals surface area contributed by atoms with Crippen molar-refractivity contribution < 1.29 is 19.1 Å². The highest BCUT2D eigenvalue weighted by atomic mass is 127. The molecule has 4 rings (SSSR count). The van der Waals surface area contributed by atoms with Crippen LogP contribution in [0.25, 0.3) is 0 Å². The smallest absolute Gasteiger partial charge is 0.317 e. The number of halogens is 1. The first-order chi connectivity index (χ1) is 23.5. The first kappa shape index (κ1) is 39.7. The number of nitrogens with one attached hydrogen (secondary N) is 2. The molecule has 11 heteroatoms. The number of nitrogens with two attached hydrogens (primary N) is 2. The fourth-order valence-electron chi connectivity index (χ4n) is 7.75. The molecule has 0 bridgehead atoms. The lowest BCUT2D eigenvalue weighted by atomic mass is 9.83. The molecule has 49 heavy (non-hydrogen) atoms. The molecule has 3 aliphatic rings. The number of carbonyl (C=O) groups excluding carboxylic acids is 2. The number of rotatable bonds is 16. The lowest BCUT2D eigenvalue weighted by Crippen LogP contribution is -2.60. The van der Waals surface area contributed by atoms with Crippen molar-refractivity contribution in [2.45, 2.75) is 141 Å². The summed E-state index contributed by atoms with van der Waals surface area (Å²) in [7, 11) is 0. The lowest BCUT2D eigenvalue weighted by molar-refractivity contribution is -0.128. The standard InChI is InChI=1S/C38H63IN6O4/c1-27-17-19-44(20-18-27)37(47)43-33(22-30-13-9-6-10-14-30)28(2)45(25-39)34(23-31(41)24-40)36(46)42-32(21-29-11-7-5-8-12-29)15-16-35-38(3,4)49-26-48-35/h6,9-10,13-14,24,27-29,32-35H,5,7-8,11-12,15-23,25-26,40-41H2,1-4H3,(H,42,46)(H,43,47)/b31-24-/t28?,32-,33+,34+,35+/m1/s1. The number of ether oxygens (including phenoxy) is 2. The third-order valence-electron chi connectivity index (χ3n) is 11.2. The summed E-state index contributed by atoms with van der Waals surface area (Å²) in [6, 6.07) is 9.25. The number of carbonyl (C=O) groups is 2. The zero-order chi connectivity index (χ0) is 35.4. The van der Waals surface area contributed by atoms with Gasteiger partial charge < -0.3 is 36.5 Å². The number of amides is 3. The highest BCUT2D eigenvalue weighted by Gasteiger charge is 2.39. The fraction of sp³-hybridized carbons (Fsp3) is 0.737. The predicted molar refractivity (Wildman–Crippen MR) is 205 cm³/mol. The SMILES string of the molecule is CC1CCN(C(=O)N[C@@H](Cc2ccccc2)C(C)N(CI)[C@@H](C/C(N)=C/N)C(=O)N[C@H](CC[C@@H]2OCOC2(C)C)CC2CCCCC2)CC1. The van der Waals surface area contributed by atoms with Crippen molar-refractivity contribution in [1.82, 2.24) is 20.4 Å². The van der Waals surface area contributed by atoms with Crippen LogP contribution in [0.2, 0.25) is 0 Å². The second kappa shape index (κ2) is 19.5. The maximum atomic E-state index is 14.5. The Hall–Kier alpha value is -2.09.